The summed E-state index contributed by atoms with van der Waals surface area (Å²) in [6.07, 6.45) is 0. The van der Waals surface area contributed by atoms with Crippen LogP contribution in [0.2, 0.25) is 0 Å². The average Bonchev–Trinajstić information content (AvgIpc) is 2.59. The van der Waals surface area contributed by atoms with Gasteiger partial charge in [-0.2, -0.15) is 0 Å². The van der Waals surface area contributed by atoms with Crippen LogP contribution in [0.25, 0.3) is 13.2 Å². The van der Waals surface area contributed by atoms with Gasteiger partial charge in [-0.1, -0.05) is 73.8 Å². The molecule has 0 spiro atoms. The number of nitrogens with zero attached hydrogens (tertiary/aromatic N) is 2. The largest absolute Gasteiger partial charge is 0.269 e. The van der Waals surface area contributed by atoms with Gasteiger partial charge in [-0.25, -0.2) is 0 Å². The topological polar surface area (TPSA) is 86.3 Å². The first-order chi connectivity index (χ1) is 12.4. The molecule has 0 saturated carbocycles. The highest BCUT2D eigenvalue weighted by molar-refractivity contribution is 5.28. The number of rotatable bonds is 2. The van der Waals surface area contributed by atoms with Crippen molar-refractivity contribution in [1.29, 1.82) is 0 Å². The maximum Gasteiger partial charge on any atom is 0.269 e. The summed E-state index contributed by atoms with van der Waals surface area (Å²) in [6, 6.07) is 21.0. The minimum atomic E-state index is -0.546. The first-order valence-electron chi connectivity index (χ1n) is 7.53. The lowest BCUT2D eigenvalue weighted by Crippen LogP contribution is -2.17. The Bertz CT molecular complexity index is 879. The molecule has 1 aromatic carbocycles. The van der Waals surface area contributed by atoms with Crippen LogP contribution in [0.1, 0.15) is 0 Å². The first kappa shape index (κ1) is 20.2. The fourth-order valence-electron chi connectivity index (χ4n) is 1.66. The molecule has 1 aromatic rings. The molecule has 0 fully saturated rings. The van der Waals surface area contributed by atoms with E-state index in [1.54, 1.807) is 36.4 Å². The second-order valence-corrected chi connectivity index (χ2v) is 4.95. The lowest BCUT2D eigenvalue weighted by Gasteiger charge is -1.84. The van der Waals surface area contributed by atoms with Crippen molar-refractivity contribution < 1.29 is 9.85 Å². The van der Waals surface area contributed by atoms with E-state index >= 15 is 0 Å². The molecule has 132 valence electrons. The third-order valence-electron chi connectivity index (χ3n) is 3.05. The van der Waals surface area contributed by atoms with Gasteiger partial charge in [0.25, 0.3) is 11.4 Å². The van der Waals surface area contributed by atoms with Gasteiger partial charge in [0.15, 0.2) is 0 Å². The second-order valence-electron chi connectivity index (χ2n) is 4.95. The molecule has 26 heavy (non-hydrogen) atoms. The van der Waals surface area contributed by atoms with E-state index in [2.05, 4.69) is 13.2 Å². The SMILES string of the molecule is C=c1cccccc([N+](=O)[O-])ccccc([N+](=O)[O-])cccccc1=C. The monoisotopic (exact) mass is 350 g/mol. The number of hydrogen-bond donors (Lipinski definition) is 0. The summed E-state index contributed by atoms with van der Waals surface area (Å²) in [5.74, 6) is 0. The van der Waals surface area contributed by atoms with Crippen molar-refractivity contribution in [2.45, 2.75) is 0 Å². The van der Waals surface area contributed by atoms with Crippen molar-refractivity contribution in [2.24, 2.45) is 0 Å². The molecule has 0 radical (unpaired) electrons. The van der Waals surface area contributed by atoms with Crippen LogP contribution >= 0.6 is 0 Å². The normalized spacial score (nSPS) is 8.92. The first-order valence-corrected chi connectivity index (χ1v) is 7.53. The molecule has 0 atom stereocenters. The van der Waals surface area contributed by atoms with E-state index in [0.717, 1.165) is 0 Å². The van der Waals surface area contributed by atoms with E-state index in [1.807, 2.05) is 0 Å². The number of hydrogen-bond acceptors (Lipinski definition) is 4. The summed E-state index contributed by atoms with van der Waals surface area (Å²) in [6.45, 7) is 7.73. The van der Waals surface area contributed by atoms with Gasteiger partial charge in [-0.15, -0.1) is 0 Å². The zero-order chi connectivity index (χ0) is 19.4. The lowest BCUT2D eigenvalue weighted by molar-refractivity contribution is -0.385. The van der Waals surface area contributed by atoms with Crippen LogP contribution in [0, 0.1) is 20.2 Å². The second kappa shape index (κ2) is 10.9. The molecule has 0 unspecified atom stereocenters. The van der Waals surface area contributed by atoms with Gasteiger partial charge in [0.1, 0.15) is 0 Å². The van der Waals surface area contributed by atoms with Crippen LogP contribution in [0.5, 0.6) is 0 Å². The molecule has 0 saturated heterocycles. The fraction of sp³-hybridized carbons (Fsp3) is 0. The molecule has 1 rings (SSSR count). The lowest BCUT2D eigenvalue weighted by atomic mass is 10.3. The van der Waals surface area contributed by atoms with Crippen LogP contribution in [0.4, 0.5) is 11.4 Å². The Kier molecular flexibility index (Phi) is 8.47. The van der Waals surface area contributed by atoms with Crippen molar-refractivity contribution >= 4 is 24.5 Å². The summed E-state index contributed by atoms with van der Waals surface area (Å²) in [4.78, 5) is 20.9. The smallest absolute Gasteiger partial charge is 0.258 e. The van der Waals surface area contributed by atoms with Crippen LogP contribution in [-0.4, -0.2) is 9.85 Å². The number of nitro groups is 2. The molecule has 6 heteroatoms. The maximum absolute atomic E-state index is 11.0. The predicted octanol–water partition coefficient (Wildman–Crippen LogP) is 3.70. The van der Waals surface area contributed by atoms with Gasteiger partial charge in [0.2, 0.25) is 0 Å². The van der Waals surface area contributed by atoms with E-state index < -0.39 is 9.85 Å². The van der Waals surface area contributed by atoms with Crippen molar-refractivity contribution in [1.82, 2.24) is 0 Å². The minimum Gasteiger partial charge on any atom is -0.258 e. The van der Waals surface area contributed by atoms with E-state index in [-0.39, 0.29) is 11.4 Å². The van der Waals surface area contributed by atoms with E-state index in [4.69, 9.17) is 0 Å². The average molecular weight is 350 g/mol. The molecule has 0 heterocycles. The van der Waals surface area contributed by atoms with Crippen LogP contribution < -0.4 is 10.4 Å². The molecule has 0 aliphatic heterocycles. The third-order valence-corrected chi connectivity index (χ3v) is 3.05. The molecule has 0 N–H and O–H groups in total. The van der Waals surface area contributed by atoms with Crippen LogP contribution in [0.3, 0.4) is 0 Å². The summed E-state index contributed by atoms with van der Waals surface area (Å²) < 4.78 is 0. The predicted molar refractivity (Wildman–Crippen MR) is 103 cm³/mol. The summed E-state index contributed by atoms with van der Waals surface area (Å²) in [5.41, 5.74) is -0.309. The minimum absolute atomic E-state index is 0.155. The Morgan fingerprint density at radius 2 is 0.808 bits per heavy atom. The summed E-state index contributed by atoms with van der Waals surface area (Å²) in [7, 11) is 0. The Morgan fingerprint density at radius 1 is 0.538 bits per heavy atom. The van der Waals surface area contributed by atoms with Gasteiger partial charge < -0.3 is 0 Å². The van der Waals surface area contributed by atoms with Crippen molar-refractivity contribution in [3.63, 3.8) is 0 Å². The fourth-order valence-corrected chi connectivity index (χ4v) is 1.66. The van der Waals surface area contributed by atoms with E-state index in [1.165, 1.54) is 48.5 Å². The molecule has 0 bridgehead atoms. The standard InChI is InChI=1S/C20H18N2O4/c1-17-11-5-3-7-13-19(21(23)24)15-9-10-16-20(22(25)26)14-8-4-6-12-18(17)2/h3-16H,1-2H2. The molecule has 6 nitrogen and oxygen atoms in total. The van der Waals surface area contributed by atoms with Gasteiger partial charge >= 0.3 is 0 Å². The van der Waals surface area contributed by atoms with Crippen LogP contribution in [0.15, 0.2) is 84.9 Å². The zero-order valence-electron chi connectivity index (χ0n) is 14.0. The van der Waals surface area contributed by atoms with E-state index in [0.29, 0.717) is 10.4 Å². The highest BCUT2D eigenvalue weighted by atomic mass is 16.6. The van der Waals surface area contributed by atoms with Crippen molar-refractivity contribution in [3.05, 3.63) is 116 Å². The van der Waals surface area contributed by atoms with E-state index in [9.17, 15) is 20.2 Å². The molecular weight excluding hydrogens is 332 g/mol. The van der Waals surface area contributed by atoms with Crippen molar-refractivity contribution in [3.8, 4) is 0 Å². The highest BCUT2D eigenvalue weighted by Crippen LogP contribution is 2.07. The van der Waals surface area contributed by atoms with Crippen LogP contribution in [-0.2, 0) is 0 Å². The van der Waals surface area contributed by atoms with Gasteiger partial charge in [0.05, 0.1) is 9.85 Å². The van der Waals surface area contributed by atoms with Crippen molar-refractivity contribution in [2.75, 3.05) is 0 Å². The Labute approximate surface area is 150 Å². The van der Waals surface area contributed by atoms with Gasteiger partial charge in [-0.05, 0) is 10.4 Å². The maximum atomic E-state index is 11.0. The Hall–Kier alpha value is -3.80. The zero-order valence-corrected chi connectivity index (χ0v) is 14.0. The summed E-state index contributed by atoms with van der Waals surface area (Å²) in [5, 5.41) is 23.3. The summed E-state index contributed by atoms with van der Waals surface area (Å²) >= 11 is 0. The molecule has 0 aromatic heterocycles. The molecule has 0 amide bonds. The molecule has 0 aliphatic rings. The third kappa shape index (κ3) is 7.65. The quantitative estimate of drug-likeness (QED) is 0.601. The molecule has 0 aliphatic carbocycles. The molecular formula is C20H18N2O4. The Morgan fingerprint density at radius 3 is 1.12 bits per heavy atom. The van der Waals surface area contributed by atoms with Gasteiger partial charge in [-0.3, -0.25) is 20.2 Å². The van der Waals surface area contributed by atoms with Gasteiger partial charge in [0, 0.05) is 24.3 Å². The Balaban J connectivity index is 3.68. The highest BCUT2D eigenvalue weighted by Gasteiger charge is 1.99.